The molecular formula is C10H18ClN3O2. The molecule has 0 unspecified atom stereocenters. The third-order valence-corrected chi connectivity index (χ3v) is 3.14. The lowest BCUT2D eigenvalue weighted by Crippen LogP contribution is -2.44. The molecule has 0 aromatic heterocycles. The Morgan fingerprint density at radius 1 is 1.44 bits per heavy atom. The number of urea groups is 1. The molecule has 1 aliphatic rings. The molecule has 0 aromatic carbocycles. The van der Waals surface area contributed by atoms with E-state index in [2.05, 4.69) is 17.5 Å². The molecule has 0 atom stereocenters. The third kappa shape index (κ3) is 3.96. The normalized spacial score (nSPS) is 24.9. The number of nitrogens with one attached hydrogen (secondary N) is 1. The molecule has 2 amide bonds. The Balaban J connectivity index is 2.35. The summed E-state index contributed by atoms with van der Waals surface area (Å²) in [5.74, 6) is 0.942. The highest BCUT2D eigenvalue weighted by Gasteiger charge is 2.22. The van der Waals surface area contributed by atoms with Gasteiger partial charge in [-0.3, -0.25) is 0 Å². The maximum absolute atomic E-state index is 11.6. The van der Waals surface area contributed by atoms with E-state index in [1.54, 1.807) is 0 Å². The number of carbonyl (C=O) groups excluding carboxylic acids is 1. The fourth-order valence-corrected chi connectivity index (χ4v) is 2.07. The molecule has 6 heteroatoms. The van der Waals surface area contributed by atoms with Gasteiger partial charge in [0.2, 0.25) is 0 Å². The monoisotopic (exact) mass is 247 g/mol. The van der Waals surface area contributed by atoms with Crippen LogP contribution in [0.2, 0.25) is 0 Å². The Bertz CT molecular complexity index is 242. The lowest BCUT2D eigenvalue weighted by molar-refractivity contribution is 0.191. The molecule has 0 saturated heterocycles. The topological polar surface area (TPSA) is 61.8 Å². The first-order chi connectivity index (χ1) is 7.67. The maximum Gasteiger partial charge on any atom is 0.340 e. The Hall–Kier alpha value is -0.840. The molecular weight excluding hydrogens is 230 g/mol. The van der Waals surface area contributed by atoms with Gasteiger partial charge in [0.1, 0.15) is 0 Å². The summed E-state index contributed by atoms with van der Waals surface area (Å²) >= 11 is 5.46. The number of nitroso groups, excluding NO2 is 1. The number of hydrogen-bond donors (Lipinski definition) is 1. The molecule has 1 fully saturated rings. The second-order valence-electron chi connectivity index (χ2n) is 4.30. The van der Waals surface area contributed by atoms with Gasteiger partial charge < -0.3 is 5.32 Å². The van der Waals surface area contributed by atoms with E-state index in [0.717, 1.165) is 36.6 Å². The highest BCUT2D eigenvalue weighted by molar-refractivity contribution is 6.18. The van der Waals surface area contributed by atoms with E-state index in [0.29, 0.717) is 0 Å². The van der Waals surface area contributed by atoms with Crippen molar-refractivity contribution in [2.75, 3.05) is 12.4 Å². The van der Waals surface area contributed by atoms with E-state index in [1.807, 2.05) is 0 Å². The lowest BCUT2D eigenvalue weighted by Gasteiger charge is -2.27. The summed E-state index contributed by atoms with van der Waals surface area (Å²) < 4.78 is 0. The minimum atomic E-state index is -0.435. The van der Waals surface area contributed by atoms with Gasteiger partial charge in [-0.2, -0.15) is 5.01 Å². The number of alkyl halides is 1. The van der Waals surface area contributed by atoms with Crippen LogP contribution in [0.4, 0.5) is 4.79 Å². The number of halogens is 1. The molecule has 0 bridgehead atoms. The summed E-state index contributed by atoms with van der Waals surface area (Å²) in [7, 11) is 0. The van der Waals surface area contributed by atoms with Crippen LogP contribution in [0.5, 0.6) is 0 Å². The van der Waals surface area contributed by atoms with E-state index >= 15 is 0 Å². The average molecular weight is 248 g/mol. The van der Waals surface area contributed by atoms with E-state index < -0.39 is 6.03 Å². The fourth-order valence-electron chi connectivity index (χ4n) is 1.91. The summed E-state index contributed by atoms with van der Waals surface area (Å²) in [5, 5.41) is 6.29. The summed E-state index contributed by atoms with van der Waals surface area (Å²) in [6.45, 7) is 2.37. The molecule has 1 rings (SSSR count). The van der Waals surface area contributed by atoms with E-state index in [9.17, 15) is 9.70 Å². The highest BCUT2D eigenvalue weighted by Crippen LogP contribution is 2.23. The number of rotatable bonds is 4. The molecule has 16 heavy (non-hydrogen) atoms. The van der Waals surface area contributed by atoms with Crippen LogP contribution < -0.4 is 5.32 Å². The molecule has 1 N–H and O–H groups in total. The fraction of sp³-hybridized carbons (Fsp3) is 0.900. The second-order valence-corrected chi connectivity index (χ2v) is 4.68. The van der Waals surface area contributed by atoms with Gasteiger partial charge in [-0.25, -0.2) is 4.79 Å². The van der Waals surface area contributed by atoms with Gasteiger partial charge in [0.15, 0.2) is 0 Å². The Labute approximate surface area is 100 Å². The Morgan fingerprint density at radius 3 is 2.56 bits per heavy atom. The third-order valence-electron chi connectivity index (χ3n) is 2.97. The van der Waals surface area contributed by atoms with Crippen molar-refractivity contribution < 1.29 is 4.79 Å². The zero-order valence-corrected chi connectivity index (χ0v) is 10.2. The molecule has 1 saturated carbocycles. The van der Waals surface area contributed by atoms with Crippen molar-refractivity contribution in [2.45, 2.75) is 38.6 Å². The molecule has 92 valence electrons. The minimum absolute atomic E-state index is 0.153. The van der Waals surface area contributed by atoms with Crippen molar-refractivity contribution in [3.63, 3.8) is 0 Å². The molecule has 0 spiro atoms. The summed E-state index contributed by atoms with van der Waals surface area (Å²) in [4.78, 5) is 22.0. The Morgan fingerprint density at radius 2 is 2.06 bits per heavy atom. The molecule has 0 aliphatic heterocycles. The van der Waals surface area contributed by atoms with Crippen LogP contribution in [0, 0.1) is 10.8 Å². The lowest BCUT2D eigenvalue weighted by atomic mass is 9.87. The van der Waals surface area contributed by atoms with Gasteiger partial charge in [0, 0.05) is 11.9 Å². The van der Waals surface area contributed by atoms with E-state index in [-0.39, 0.29) is 18.5 Å². The van der Waals surface area contributed by atoms with Gasteiger partial charge in [0.05, 0.1) is 11.8 Å². The largest absolute Gasteiger partial charge is 0.340 e. The van der Waals surface area contributed by atoms with Crippen molar-refractivity contribution in [2.24, 2.45) is 11.2 Å². The quantitative estimate of drug-likeness (QED) is 0.471. The number of carbonyl (C=O) groups is 1. The van der Waals surface area contributed by atoms with Gasteiger partial charge in [-0.1, -0.05) is 6.92 Å². The van der Waals surface area contributed by atoms with Crippen molar-refractivity contribution in [1.82, 2.24) is 10.3 Å². The van der Waals surface area contributed by atoms with Crippen LogP contribution in [-0.2, 0) is 0 Å². The summed E-state index contributed by atoms with van der Waals surface area (Å²) in [5.41, 5.74) is 0. The molecule has 1 aliphatic carbocycles. The van der Waals surface area contributed by atoms with E-state index in [4.69, 9.17) is 11.6 Å². The van der Waals surface area contributed by atoms with E-state index in [1.165, 1.54) is 0 Å². The zero-order valence-electron chi connectivity index (χ0n) is 9.49. The molecule has 0 aromatic rings. The predicted octanol–water partition coefficient (Wildman–Crippen LogP) is 2.50. The first kappa shape index (κ1) is 13.2. The minimum Gasteiger partial charge on any atom is -0.334 e. The van der Waals surface area contributed by atoms with Gasteiger partial charge in [0.25, 0.3) is 0 Å². The first-order valence-electron chi connectivity index (χ1n) is 5.64. The summed E-state index contributed by atoms with van der Waals surface area (Å²) in [6.07, 6.45) is 4.19. The maximum atomic E-state index is 11.6. The van der Waals surface area contributed by atoms with Gasteiger partial charge >= 0.3 is 6.03 Å². The number of nitrogens with zero attached hydrogens (tertiary/aromatic N) is 2. The SMILES string of the molecule is C[C@H]1CC[C@H](NC(=O)N(CCCl)N=O)CC1. The highest BCUT2D eigenvalue weighted by atomic mass is 35.5. The summed E-state index contributed by atoms with van der Waals surface area (Å²) in [6, 6.07) is -0.265. The van der Waals surface area contributed by atoms with Crippen molar-refractivity contribution in [3.05, 3.63) is 4.91 Å². The Kier molecular flexibility index (Phi) is 5.52. The second kappa shape index (κ2) is 6.68. The number of amides is 2. The molecule has 0 heterocycles. The van der Waals surface area contributed by atoms with Crippen LogP contribution in [0.3, 0.4) is 0 Å². The van der Waals surface area contributed by atoms with Crippen LogP contribution in [0.25, 0.3) is 0 Å². The van der Waals surface area contributed by atoms with Crippen molar-refractivity contribution in [3.8, 4) is 0 Å². The first-order valence-corrected chi connectivity index (χ1v) is 6.18. The molecule has 5 nitrogen and oxygen atoms in total. The number of hydrogen-bond acceptors (Lipinski definition) is 3. The van der Waals surface area contributed by atoms with Crippen LogP contribution in [0.15, 0.2) is 5.29 Å². The van der Waals surface area contributed by atoms with Gasteiger partial charge in [-0.15, -0.1) is 16.5 Å². The van der Waals surface area contributed by atoms with Gasteiger partial charge in [-0.05, 0) is 31.6 Å². The average Bonchev–Trinajstić information content (AvgIpc) is 2.29. The van der Waals surface area contributed by atoms with Crippen LogP contribution in [-0.4, -0.2) is 29.5 Å². The zero-order chi connectivity index (χ0) is 12.0. The van der Waals surface area contributed by atoms with Crippen LogP contribution >= 0.6 is 11.6 Å². The smallest absolute Gasteiger partial charge is 0.334 e. The van der Waals surface area contributed by atoms with Crippen molar-refractivity contribution >= 4 is 17.6 Å². The predicted molar refractivity (Wildman–Crippen MR) is 63.2 cm³/mol. The van der Waals surface area contributed by atoms with Crippen molar-refractivity contribution in [1.29, 1.82) is 0 Å². The van der Waals surface area contributed by atoms with Crippen LogP contribution in [0.1, 0.15) is 32.6 Å². The standard InChI is InChI=1S/C10H18ClN3O2/c1-8-2-4-9(5-3-8)12-10(15)14(13-16)7-6-11/h8-9H,2-7H2,1H3,(H,12,15)/t8-,9-. The molecule has 0 radical (unpaired) electrons.